The fraction of sp³-hybridized carbons (Fsp3) is 0.867. The molecule has 0 aromatic heterocycles. The number of piperidine rings is 1. The van der Waals surface area contributed by atoms with Crippen LogP contribution in [0.3, 0.4) is 0 Å². The summed E-state index contributed by atoms with van der Waals surface area (Å²) in [5, 5.41) is 2.97. The third kappa shape index (κ3) is 4.69. The van der Waals surface area contributed by atoms with E-state index in [1.54, 1.807) is 4.90 Å². The molecule has 0 spiro atoms. The van der Waals surface area contributed by atoms with Crippen molar-refractivity contribution in [1.29, 1.82) is 0 Å². The van der Waals surface area contributed by atoms with Crippen LogP contribution in [0.25, 0.3) is 0 Å². The largest absolute Gasteiger partial charge is 0.449 e. The number of nitrogens with one attached hydrogen (secondary N) is 1. The van der Waals surface area contributed by atoms with Crippen molar-refractivity contribution in [3.63, 3.8) is 0 Å². The number of carbonyl (C=O) groups excluding carboxylic acids is 2. The molecular formula is C15H28N2O3. The maximum atomic E-state index is 12.2. The van der Waals surface area contributed by atoms with Gasteiger partial charge in [-0.25, -0.2) is 4.79 Å². The van der Waals surface area contributed by atoms with Crippen molar-refractivity contribution in [2.45, 2.75) is 59.4 Å². The second kappa shape index (κ2) is 7.50. The predicted octanol–water partition coefficient (Wildman–Crippen LogP) is 2.55. The number of unbranched alkanes of at least 4 members (excludes halogenated alkanes) is 1. The lowest BCUT2D eigenvalue weighted by atomic mass is 9.79. The van der Waals surface area contributed by atoms with Crippen molar-refractivity contribution in [2.75, 3.05) is 19.7 Å². The number of likely N-dealkylation sites (tertiary alicyclic amines) is 1. The number of hydrogen-bond acceptors (Lipinski definition) is 3. The number of carbonyl (C=O) groups is 2. The second-order valence-corrected chi connectivity index (χ2v) is 6.14. The van der Waals surface area contributed by atoms with E-state index in [4.69, 9.17) is 4.74 Å². The minimum absolute atomic E-state index is 0.0894. The Morgan fingerprint density at radius 2 is 1.90 bits per heavy atom. The Morgan fingerprint density at radius 1 is 1.30 bits per heavy atom. The van der Waals surface area contributed by atoms with Crippen LogP contribution in [0.15, 0.2) is 0 Å². The zero-order valence-corrected chi connectivity index (χ0v) is 13.2. The second-order valence-electron chi connectivity index (χ2n) is 6.14. The maximum Gasteiger partial charge on any atom is 0.409 e. The van der Waals surface area contributed by atoms with Gasteiger partial charge in [-0.1, -0.05) is 20.3 Å². The number of ether oxygens (including phenoxy) is 1. The monoisotopic (exact) mass is 284 g/mol. The Morgan fingerprint density at radius 3 is 2.40 bits per heavy atom. The highest BCUT2D eigenvalue weighted by Gasteiger charge is 2.38. The molecule has 116 valence electrons. The van der Waals surface area contributed by atoms with Gasteiger partial charge in [-0.15, -0.1) is 0 Å². The first-order valence-corrected chi connectivity index (χ1v) is 7.61. The molecule has 1 saturated heterocycles. The van der Waals surface area contributed by atoms with Crippen LogP contribution >= 0.6 is 0 Å². The van der Waals surface area contributed by atoms with E-state index >= 15 is 0 Å². The van der Waals surface area contributed by atoms with E-state index in [0.717, 1.165) is 12.8 Å². The van der Waals surface area contributed by atoms with Gasteiger partial charge in [-0.05, 0) is 33.1 Å². The molecule has 1 rings (SSSR count). The number of rotatable bonds is 5. The van der Waals surface area contributed by atoms with E-state index in [-0.39, 0.29) is 23.5 Å². The zero-order chi connectivity index (χ0) is 15.2. The molecule has 0 bridgehead atoms. The Labute approximate surface area is 122 Å². The lowest BCUT2D eigenvalue weighted by molar-refractivity contribution is -0.133. The van der Waals surface area contributed by atoms with Crippen LogP contribution in [0, 0.1) is 5.41 Å². The van der Waals surface area contributed by atoms with E-state index in [1.807, 2.05) is 20.8 Å². The Bertz CT molecular complexity index is 334. The molecule has 1 fully saturated rings. The van der Waals surface area contributed by atoms with Crippen molar-refractivity contribution in [3.05, 3.63) is 0 Å². The predicted molar refractivity (Wildman–Crippen MR) is 78.4 cm³/mol. The molecule has 0 radical (unpaired) electrons. The van der Waals surface area contributed by atoms with Crippen LogP contribution in [-0.2, 0) is 9.53 Å². The normalized spacial score (nSPS) is 17.9. The van der Waals surface area contributed by atoms with Gasteiger partial charge in [-0.2, -0.15) is 0 Å². The van der Waals surface area contributed by atoms with Gasteiger partial charge in [0.25, 0.3) is 0 Å². The quantitative estimate of drug-likeness (QED) is 0.789. The molecule has 2 amide bonds. The van der Waals surface area contributed by atoms with E-state index < -0.39 is 0 Å². The van der Waals surface area contributed by atoms with Crippen molar-refractivity contribution in [2.24, 2.45) is 5.41 Å². The molecular weight excluding hydrogens is 256 g/mol. The molecule has 0 aromatic carbocycles. The summed E-state index contributed by atoms with van der Waals surface area (Å²) in [4.78, 5) is 25.7. The SMILES string of the molecule is CCCCOC(=O)N1CCC(C)(C(=O)NC(C)C)CC1. The van der Waals surface area contributed by atoms with Crippen molar-refractivity contribution in [1.82, 2.24) is 10.2 Å². The standard InChI is InChI=1S/C15H28N2O3/c1-5-6-11-20-14(19)17-9-7-15(4,8-10-17)13(18)16-12(2)3/h12H,5-11H2,1-4H3,(H,16,18). The number of amides is 2. The third-order valence-electron chi connectivity index (χ3n) is 3.82. The van der Waals surface area contributed by atoms with Crippen LogP contribution < -0.4 is 5.32 Å². The fourth-order valence-corrected chi connectivity index (χ4v) is 2.24. The summed E-state index contributed by atoms with van der Waals surface area (Å²) in [6.45, 7) is 9.62. The lowest BCUT2D eigenvalue weighted by Gasteiger charge is -2.38. The van der Waals surface area contributed by atoms with Crippen LogP contribution in [0.5, 0.6) is 0 Å². The van der Waals surface area contributed by atoms with Crippen LogP contribution in [0.2, 0.25) is 0 Å². The first-order valence-electron chi connectivity index (χ1n) is 7.61. The van der Waals surface area contributed by atoms with E-state index in [1.165, 1.54) is 0 Å². The van der Waals surface area contributed by atoms with Crippen LogP contribution in [-0.4, -0.2) is 42.6 Å². The Balaban J connectivity index is 2.42. The highest BCUT2D eigenvalue weighted by molar-refractivity contribution is 5.82. The van der Waals surface area contributed by atoms with Crippen LogP contribution in [0.4, 0.5) is 4.79 Å². The topological polar surface area (TPSA) is 58.6 Å². The molecule has 5 heteroatoms. The molecule has 5 nitrogen and oxygen atoms in total. The van der Waals surface area contributed by atoms with Crippen LogP contribution in [0.1, 0.15) is 53.4 Å². The molecule has 1 heterocycles. The number of hydrogen-bond donors (Lipinski definition) is 1. The molecule has 0 aromatic rings. The fourth-order valence-electron chi connectivity index (χ4n) is 2.24. The molecule has 0 unspecified atom stereocenters. The molecule has 1 N–H and O–H groups in total. The summed E-state index contributed by atoms with van der Waals surface area (Å²) in [5.74, 6) is 0.0894. The summed E-state index contributed by atoms with van der Waals surface area (Å²) in [5.41, 5.74) is -0.371. The Hall–Kier alpha value is -1.26. The molecule has 1 aliphatic heterocycles. The summed E-state index contributed by atoms with van der Waals surface area (Å²) in [6.07, 6.45) is 3.04. The Kier molecular flexibility index (Phi) is 6.30. The zero-order valence-electron chi connectivity index (χ0n) is 13.2. The highest BCUT2D eigenvalue weighted by Crippen LogP contribution is 2.31. The van der Waals surface area contributed by atoms with Gasteiger partial charge in [0.05, 0.1) is 6.61 Å². The average Bonchev–Trinajstić information content (AvgIpc) is 2.39. The van der Waals surface area contributed by atoms with Gasteiger partial charge in [0.15, 0.2) is 0 Å². The van der Waals surface area contributed by atoms with E-state index in [2.05, 4.69) is 12.2 Å². The third-order valence-corrected chi connectivity index (χ3v) is 3.82. The van der Waals surface area contributed by atoms with Gasteiger partial charge in [-0.3, -0.25) is 4.79 Å². The molecule has 1 aliphatic rings. The van der Waals surface area contributed by atoms with Crippen molar-refractivity contribution < 1.29 is 14.3 Å². The lowest BCUT2D eigenvalue weighted by Crippen LogP contribution is -2.50. The summed E-state index contributed by atoms with van der Waals surface area (Å²) in [7, 11) is 0. The first-order chi connectivity index (χ1) is 9.39. The minimum atomic E-state index is -0.371. The first kappa shape index (κ1) is 16.8. The van der Waals surface area contributed by atoms with Gasteiger partial charge in [0.1, 0.15) is 0 Å². The van der Waals surface area contributed by atoms with Gasteiger partial charge >= 0.3 is 6.09 Å². The molecule has 20 heavy (non-hydrogen) atoms. The van der Waals surface area contributed by atoms with Gasteiger partial charge < -0.3 is 15.0 Å². The van der Waals surface area contributed by atoms with E-state index in [0.29, 0.717) is 32.5 Å². The summed E-state index contributed by atoms with van der Waals surface area (Å²) in [6, 6.07) is 0.149. The summed E-state index contributed by atoms with van der Waals surface area (Å²) >= 11 is 0. The van der Waals surface area contributed by atoms with Gasteiger partial charge in [0.2, 0.25) is 5.91 Å². The van der Waals surface area contributed by atoms with Crippen molar-refractivity contribution >= 4 is 12.0 Å². The van der Waals surface area contributed by atoms with Crippen molar-refractivity contribution in [3.8, 4) is 0 Å². The highest BCUT2D eigenvalue weighted by atomic mass is 16.6. The minimum Gasteiger partial charge on any atom is -0.449 e. The molecule has 0 atom stereocenters. The molecule has 0 aliphatic carbocycles. The average molecular weight is 284 g/mol. The number of nitrogens with zero attached hydrogens (tertiary/aromatic N) is 1. The summed E-state index contributed by atoms with van der Waals surface area (Å²) < 4.78 is 5.20. The molecule has 0 saturated carbocycles. The van der Waals surface area contributed by atoms with E-state index in [9.17, 15) is 9.59 Å². The maximum absolute atomic E-state index is 12.2. The van der Waals surface area contributed by atoms with Gasteiger partial charge in [0, 0.05) is 24.5 Å². The smallest absolute Gasteiger partial charge is 0.409 e.